The number of nitrogens with one attached hydrogen (secondary N) is 1. The molecule has 1 amide bonds. The number of rotatable bonds is 5. The molecule has 2 aromatic rings. The zero-order valence-electron chi connectivity index (χ0n) is 11.5. The van der Waals surface area contributed by atoms with Crippen LogP contribution >= 0.6 is 34.2 Å². The van der Waals surface area contributed by atoms with Gasteiger partial charge in [0, 0.05) is 14.3 Å². The lowest BCUT2D eigenvalue weighted by molar-refractivity contribution is 0.102. The van der Waals surface area contributed by atoms with Crippen LogP contribution in [0.5, 0.6) is 5.75 Å². The smallest absolute Gasteiger partial charge is 0.259 e. The van der Waals surface area contributed by atoms with Gasteiger partial charge < -0.3 is 10.1 Å². The van der Waals surface area contributed by atoms with E-state index < -0.39 is 0 Å². The van der Waals surface area contributed by atoms with Crippen molar-refractivity contribution in [3.05, 3.63) is 56.6 Å². The van der Waals surface area contributed by atoms with E-state index in [1.807, 2.05) is 31.2 Å². The van der Waals surface area contributed by atoms with Gasteiger partial charge >= 0.3 is 0 Å². The molecule has 0 bridgehead atoms. The number of hydrogen-bond donors (Lipinski definition) is 1. The summed E-state index contributed by atoms with van der Waals surface area (Å²) in [5.74, 6) is 0.315. The lowest BCUT2D eigenvalue weighted by Crippen LogP contribution is -2.14. The number of ether oxygens (including phenoxy) is 1. The lowest BCUT2D eigenvalue weighted by atomic mass is 10.2. The molecule has 0 spiro atoms. The summed E-state index contributed by atoms with van der Waals surface area (Å²) in [6.45, 7) is 2.58. The average Bonchev–Trinajstić information content (AvgIpc) is 2.46. The van der Waals surface area contributed by atoms with Crippen LogP contribution in [0.3, 0.4) is 0 Å². The molecule has 0 aliphatic heterocycles. The summed E-state index contributed by atoms with van der Waals surface area (Å²) in [6.07, 6.45) is 0.876. The van der Waals surface area contributed by atoms with E-state index in [0.29, 0.717) is 22.9 Å². The van der Waals surface area contributed by atoms with E-state index >= 15 is 0 Å². The first-order valence-corrected chi connectivity index (χ1v) is 8.05. The van der Waals surface area contributed by atoms with E-state index in [1.54, 1.807) is 18.2 Å². The molecule has 21 heavy (non-hydrogen) atoms. The quantitative estimate of drug-likeness (QED) is 0.699. The van der Waals surface area contributed by atoms with Gasteiger partial charge in [-0.25, -0.2) is 0 Å². The first kappa shape index (κ1) is 16.1. The van der Waals surface area contributed by atoms with Gasteiger partial charge in [0.1, 0.15) is 5.75 Å². The van der Waals surface area contributed by atoms with Gasteiger partial charge in [-0.05, 0) is 65.4 Å². The van der Waals surface area contributed by atoms with Crippen LogP contribution in [0.1, 0.15) is 23.7 Å². The highest BCUT2D eigenvalue weighted by Gasteiger charge is 2.14. The van der Waals surface area contributed by atoms with E-state index in [1.165, 1.54) is 0 Å². The van der Waals surface area contributed by atoms with Gasteiger partial charge in [-0.15, -0.1) is 0 Å². The Labute approximate surface area is 142 Å². The summed E-state index contributed by atoms with van der Waals surface area (Å²) >= 11 is 8.19. The zero-order valence-corrected chi connectivity index (χ0v) is 14.4. The number of carbonyl (C=O) groups excluding carboxylic acids is 1. The van der Waals surface area contributed by atoms with Crippen molar-refractivity contribution in [3.63, 3.8) is 0 Å². The van der Waals surface area contributed by atoms with Crippen LogP contribution in [0.2, 0.25) is 5.02 Å². The van der Waals surface area contributed by atoms with Gasteiger partial charge in [-0.3, -0.25) is 4.79 Å². The maximum atomic E-state index is 12.4. The standard InChI is InChI=1S/C16H15ClINO2/c1-2-8-21-15-7-6-11(17)9-14(15)16(20)19-13-5-3-4-12(18)10-13/h3-7,9-10H,2,8H2,1H3,(H,19,20). The molecule has 1 N–H and O–H groups in total. The molecular formula is C16H15ClINO2. The van der Waals surface area contributed by atoms with Crippen LogP contribution in [0.15, 0.2) is 42.5 Å². The van der Waals surface area contributed by atoms with Crippen LogP contribution in [0, 0.1) is 3.57 Å². The normalized spacial score (nSPS) is 10.2. The van der Waals surface area contributed by atoms with Crippen molar-refractivity contribution in [3.8, 4) is 5.75 Å². The maximum Gasteiger partial charge on any atom is 0.259 e. The highest BCUT2D eigenvalue weighted by atomic mass is 127. The minimum atomic E-state index is -0.231. The Morgan fingerprint density at radius 3 is 2.81 bits per heavy atom. The zero-order chi connectivity index (χ0) is 15.2. The molecule has 5 heteroatoms. The molecule has 0 atom stereocenters. The molecule has 3 nitrogen and oxygen atoms in total. The fraction of sp³-hybridized carbons (Fsp3) is 0.188. The fourth-order valence-electron chi connectivity index (χ4n) is 1.78. The van der Waals surface area contributed by atoms with Gasteiger partial charge in [0.15, 0.2) is 0 Å². The van der Waals surface area contributed by atoms with Crippen molar-refractivity contribution in [2.24, 2.45) is 0 Å². The molecule has 0 saturated carbocycles. The Kier molecular flexibility index (Phi) is 5.87. The highest BCUT2D eigenvalue weighted by molar-refractivity contribution is 14.1. The van der Waals surface area contributed by atoms with E-state index in [0.717, 1.165) is 15.7 Å². The van der Waals surface area contributed by atoms with E-state index in [-0.39, 0.29) is 5.91 Å². The second-order valence-corrected chi connectivity index (χ2v) is 6.14. The highest BCUT2D eigenvalue weighted by Crippen LogP contribution is 2.24. The number of halogens is 2. The molecule has 2 aromatic carbocycles. The Bertz CT molecular complexity index is 646. The van der Waals surface area contributed by atoms with Crippen molar-refractivity contribution in [1.82, 2.24) is 0 Å². The molecule has 0 aliphatic carbocycles. The Hall–Kier alpha value is -1.27. The van der Waals surface area contributed by atoms with Crippen molar-refractivity contribution in [2.45, 2.75) is 13.3 Å². The minimum absolute atomic E-state index is 0.231. The van der Waals surface area contributed by atoms with Crippen molar-refractivity contribution in [1.29, 1.82) is 0 Å². The molecule has 0 fully saturated rings. The third-order valence-corrected chi connectivity index (χ3v) is 3.64. The molecule has 2 rings (SSSR count). The summed E-state index contributed by atoms with van der Waals surface area (Å²) in [5.41, 5.74) is 1.18. The number of hydrogen-bond acceptors (Lipinski definition) is 2. The van der Waals surface area contributed by atoms with Crippen LogP contribution in [-0.4, -0.2) is 12.5 Å². The second kappa shape index (κ2) is 7.66. The first-order chi connectivity index (χ1) is 10.1. The fourth-order valence-corrected chi connectivity index (χ4v) is 2.50. The van der Waals surface area contributed by atoms with Gasteiger partial charge in [0.25, 0.3) is 5.91 Å². The minimum Gasteiger partial charge on any atom is -0.493 e. The van der Waals surface area contributed by atoms with Crippen LogP contribution in [0.25, 0.3) is 0 Å². The molecule has 110 valence electrons. The maximum absolute atomic E-state index is 12.4. The second-order valence-electron chi connectivity index (χ2n) is 4.45. The number of anilines is 1. The molecule has 0 heterocycles. The molecular weight excluding hydrogens is 401 g/mol. The molecule has 0 unspecified atom stereocenters. The molecule has 0 aliphatic rings. The number of carbonyl (C=O) groups is 1. The van der Waals surface area contributed by atoms with E-state index in [2.05, 4.69) is 27.9 Å². The largest absolute Gasteiger partial charge is 0.493 e. The predicted octanol–water partition coefficient (Wildman–Crippen LogP) is 4.99. The van der Waals surface area contributed by atoms with Gasteiger partial charge in [-0.2, -0.15) is 0 Å². The first-order valence-electron chi connectivity index (χ1n) is 6.59. The van der Waals surface area contributed by atoms with Crippen molar-refractivity contribution in [2.75, 3.05) is 11.9 Å². The van der Waals surface area contributed by atoms with Crippen LogP contribution in [0.4, 0.5) is 5.69 Å². The van der Waals surface area contributed by atoms with Gasteiger partial charge in [0.05, 0.1) is 12.2 Å². The van der Waals surface area contributed by atoms with E-state index in [4.69, 9.17) is 16.3 Å². The van der Waals surface area contributed by atoms with Crippen molar-refractivity contribution < 1.29 is 9.53 Å². The lowest BCUT2D eigenvalue weighted by Gasteiger charge is -2.12. The summed E-state index contributed by atoms with van der Waals surface area (Å²) in [5, 5.41) is 3.37. The van der Waals surface area contributed by atoms with Gasteiger partial charge in [0.2, 0.25) is 0 Å². The summed E-state index contributed by atoms with van der Waals surface area (Å²) in [6, 6.07) is 12.7. The summed E-state index contributed by atoms with van der Waals surface area (Å²) in [4.78, 5) is 12.4. The van der Waals surface area contributed by atoms with Crippen LogP contribution < -0.4 is 10.1 Å². The van der Waals surface area contributed by atoms with Gasteiger partial charge in [-0.1, -0.05) is 24.6 Å². The topological polar surface area (TPSA) is 38.3 Å². The van der Waals surface area contributed by atoms with Crippen molar-refractivity contribution >= 4 is 45.8 Å². The summed E-state index contributed by atoms with van der Waals surface area (Å²) < 4.78 is 6.66. The number of benzene rings is 2. The Morgan fingerprint density at radius 2 is 2.10 bits per heavy atom. The number of amides is 1. The Balaban J connectivity index is 2.23. The van der Waals surface area contributed by atoms with Crippen LogP contribution in [-0.2, 0) is 0 Å². The Morgan fingerprint density at radius 1 is 1.29 bits per heavy atom. The molecule has 0 aromatic heterocycles. The predicted molar refractivity (Wildman–Crippen MR) is 94.4 cm³/mol. The molecule has 0 radical (unpaired) electrons. The SMILES string of the molecule is CCCOc1ccc(Cl)cc1C(=O)Nc1cccc(I)c1. The summed E-state index contributed by atoms with van der Waals surface area (Å²) in [7, 11) is 0. The third-order valence-electron chi connectivity index (χ3n) is 2.73. The third kappa shape index (κ3) is 4.61. The monoisotopic (exact) mass is 415 g/mol. The van der Waals surface area contributed by atoms with E-state index in [9.17, 15) is 4.79 Å². The average molecular weight is 416 g/mol. The molecule has 0 saturated heterocycles.